The fourth-order valence-electron chi connectivity index (χ4n) is 1.35. The van der Waals surface area contributed by atoms with Crippen LogP contribution >= 0.6 is 0 Å². The number of ether oxygens (including phenoxy) is 2. The zero-order valence-electron chi connectivity index (χ0n) is 11.1. The third-order valence-electron chi connectivity index (χ3n) is 2.15. The van der Waals surface area contributed by atoms with Crippen molar-refractivity contribution in [2.24, 2.45) is 0 Å². The Morgan fingerprint density at radius 3 is 2.56 bits per heavy atom. The van der Waals surface area contributed by atoms with Crippen molar-refractivity contribution in [1.29, 1.82) is 0 Å². The first-order valence-corrected chi connectivity index (χ1v) is 5.72. The minimum absolute atomic E-state index is 0.168. The third kappa shape index (κ3) is 4.57. The smallest absolute Gasteiger partial charge is 0.344 e. The first kappa shape index (κ1) is 14.2. The molecule has 0 unspecified atom stereocenters. The summed E-state index contributed by atoms with van der Waals surface area (Å²) in [5.74, 6) is 0.0456. The summed E-state index contributed by atoms with van der Waals surface area (Å²) < 4.78 is 10.4. The fraction of sp³-hybridized carbons (Fsp3) is 0.429. The second-order valence-electron chi connectivity index (χ2n) is 5.01. The average molecular weight is 250 g/mol. The lowest BCUT2D eigenvalue weighted by Crippen LogP contribution is -2.27. The predicted molar refractivity (Wildman–Crippen MR) is 67.9 cm³/mol. The molecule has 0 radical (unpaired) electrons. The van der Waals surface area contributed by atoms with Gasteiger partial charge in [0.25, 0.3) is 0 Å². The summed E-state index contributed by atoms with van der Waals surface area (Å²) in [7, 11) is 0. The summed E-state index contributed by atoms with van der Waals surface area (Å²) in [4.78, 5) is 22.2. The number of esters is 1. The lowest BCUT2D eigenvalue weighted by atomic mass is 10.1. The highest BCUT2D eigenvalue weighted by Crippen LogP contribution is 2.16. The monoisotopic (exact) mass is 250 g/mol. The van der Waals surface area contributed by atoms with Crippen molar-refractivity contribution in [2.75, 3.05) is 6.61 Å². The maximum atomic E-state index is 11.4. The highest BCUT2D eigenvalue weighted by atomic mass is 16.6. The average Bonchev–Trinajstić information content (AvgIpc) is 2.25. The van der Waals surface area contributed by atoms with Gasteiger partial charge < -0.3 is 9.47 Å². The molecule has 0 aliphatic carbocycles. The van der Waals surface area contributed by atoms with Gasteiger partial charge in [-0.25, -0.2) is 4.79 Å². The summed E-state index contributed by atoms with van der Waals surface area (Å²) in [5, 5.41) is 0. The SMILES string of the molecule is Cc1ccc(OCC(=O)OC(C)(C)C)cc1C=O. The number of hydrogen-bond donors (Lipinski definition) is 0. The summed E-state index contributed by atoms with van der Waals surface area (Å²) in [6.45, 7) is 7.05. The highest BCUT2D eigenvalue weighted by molar-refractivity contribution is 5.78. The fourth-order valence-corrected chi connectivity index (χ4v) is 1.35. The molecule has 4 heteroatoms. The van der Waals surface area contributed by atoms with Crippen LogP contribution in [0.15, 0.2) is 18.2 Å². The van der Waals surface area contributed by atoms with E-state index >= 15 is 0 Å². The van der Waals surface area contributed by atoms with Crippen LogP contribution in [-0.4, -0.2) is 24.5 Å². The maximum absolute atomic E-state index is 11.4. The predicted octanol–water partition coefficient (Wildman–Crippen LogP) is 2.53. The highest BCUT2D eigenvalue weighted by Gasteiger charge is 2.16. The van der Waals surface area contributed by atoms with E-state index in [1.807, 2.05) is 6.92 Å². The van der Waals surface area contributed by atoms with Crippen LogP contribution in [0.2, 0.25) is 0 Å². The number of benzene rings is 1. The molecule has 98 valence electrons. The van der Waals surface area contributed by atoms with Crippen molar-refractivity contribution in [3.63, 3.8) is 0 Å². The van der Waals surface area contributed by atoms with Crippen molar-refractivity contribution >= 4 is 12.3 Å². The molecule has 0 amide bonds. The van der Waals surface area contributed by atoms with Crippen LogP contribution in [0.3, 0.4) is 0 Å². The number of hydrogen-bond acceptors (Lipinski definition) is 4. The largest absolute Gasteiger partial charge is 0.482 e. The van der Waals surface area contributed by atoms with Gasteiger partial charge in [0.2, 0.25) is 0 Å². The Kier molecular flexibility index (Phi) is 4.48. The molecule has 0 aliphatic heterocycles. The van der Waals surface area contributed by atoms with Gasteiger partial charge >= 0.3 is 5.97 Å². The second kappa shape index (κ2) is 5.67. The van der Waals surface area contributed by atoms with E-state index in [9.17, 15) is 9.59 Å². The Hall–Kier alpha value is -1.84. The molecule has 0 saturated heterocycles. The van der Waals surface area contributed by atoms with E-state index in [0.29, 0.717) is 11.3 Å². The molecule has 0 saturated carbocycles. The van der Waals surface area contributed by atoms with E-state index < -0.39 is 11.6 Å². The number of carbonyl (C=O) groups is 2. The maximum Gasteiger partial charge on any atom is 0.344 e. The van der Waals surface area contributed by atoms with E-state index in [4.69, 9.17) is 9.47 Å². The molecule has 0 aromatic heterocycles. The summed E-state index contributed by atoms with van der Waals surface area (Å²) in [6, 6.07) is 5.09. The Balaban J connectivity index is 2.59. The molecule has 1 aromatic rings. The molecule has 4 nitrogen and oxygen atoms in total. The molecule has 1 aromatic carbocycles. The van der Waals surface area contributed by atoms with Crippen LogP contribution in [0.5, 0.6) is 5.75 Å². The quantitative estimate of drug-likeness (QED) is 0.608. The van der Waals surface area contributed by atoms with E-state index in [1.165, 1.54) is 0 Å². The number of rotatable bonds is 4. The lowest BCUT2D eigenvalue weighted by Gasteiger charge is -2.19. The summed E-state index contributed by atoms with van der Waals surface area (Å²) >= 11 is 0. The van der Waals surface area contributed by atoms with E-state index in [1.54, 1.807) is 39.0 Å². The van der Waals surface area contributed by atoms with Gasteiger partial charge in [0.05, 0.1) is 0 Å². The standard InChI is InChI=1S/C14H18O4/c1-10-5-6-12(7-11(10)8-15)17-9-13(16)18-14(2,3)4/h5-8H,9H2,1-4H3. The molecule has 0 heterocycles. The first-order chi connectivity index (χ1) is 8.31. The zero-order valence-corrected chi connectivity index (χ0v) is 11.1. The number of carbonyl (C=O) groups excluding carboxylic acids is 2. The number of aryl methyl sites for hydroxylation is 1. The van der Waals surface area contributed by atoms with Gasteiger partial charge in [-0.15, -0.1) is 0 Å². The topological polar surface area (TPSA) is 52.6 Å². The minimum Gasteiger partial charge on any atom is -0.482 e. The van der Waals surface area contributed by atoms with E-state index in [2.05, 4.69) is 0 Å². The van der Waals surface area contributed by atoms with Crippen molar-refractivity contribution < 1.29 is 19.1 Å². The summed E-state index contributed by atoms with van der Waals surface area (Å²) in [5.41, 5.74) is 0.896. The molecule has 0 aliphatic rings. The van der Waals surface area contributed by atoms with Crippen LogP contribution in [0.1, 0.15) is 36.7 Å². The van der Waals surface area contributed by atoms with Crippen LogP contribution in [0, 0.1) is 6.92 Å². The van der Waals surface area contributed by atoms with Gasteiger partial charge in [-0.05, 0) is 45.4 Å². The van der Waals surface area contributed by atoms with Crippen molar-refractivity contribution in [3.8, 4) is 5.75 Å². The van der Waals surface area contributed by atoms with Gasteiger partial charge in [0.15, 0.2) is 6.61 Å². The third-order valence-corrected chi connectivity index (χ3v) is 2.15. The summed E-state index contributed by atoms with van der Waals surface area (Å²) in [6.07, 6.45) is 0.760. The zero-order chi connectivity index (χ0) is 13.8. The Labute approximate surface area is 107 Å². The van der Waals surface area contributed by atoms with Gasteiger partial charge in [0, 0.05) is 5.56 Å². The second-order valence-corrected chi connectivity index (χ2v) is 5.01. The van der Waals surface area contributed by atoms with Crippen molar-refractivity contribution in [3.05, 3.63) is 29.3 Å². The van der Waals surface area contributed by atoms with E-state index in [0.717, 1.165) is 11.8 Å². The molecular formula is C14H18O4. The minimum atomic E-state index is -0.526. The van der Waals surface area contributed by atoms with Gasteiger partial charge in [-0.3, -0.25) is 4.79 Å². The lowest BCUT2D eigenvalue weighted by molar-refractivity contribution is -0.157. The molecule has 0 fully saturated rings. The van der Waals surface area contributed by atoms with Crippen LogP contribution in [0.4, 0.5) is 0 Å². The first-order valence-electron chi connectivity index (χ1n) is 5.72. The van der Waals surface area contributed by atoms with Gasteiger partial charge in [-0.2, -0.15) is 0 Å². The molecule has 1 rings (SSSR count). The number of aldehydes is 1. The van der Waals surface area contributed by atoms with Crippen LogP contribution in [-0.2, 0) is 9.53 Å². The Morgan fingerprint density at radius 2 is 2.00 bits per heavy atom. The van der Waals surface area contributed by atoms with Crippen LogP contribution < -0.4 is 4.74 Å². The molecule has 18 heavy (non-hydrogen) atoms. The van der Waals surface area contributed by atoms with Crippen molar-refractivity contribution in [1.82, 2.24) is 0 Å². The molecule has 0 spiro atoms. The van der Waals surface area contributed by atoms with E-state index in [-0.39, 0.29) is 6.61 Å². The molecule has 0 atom stereocenters. The van der Waals surface area contributed by atoms with Crippen LogP contribution in [0.25, 0.3) is 0 Å². The Morgan fingerprint density at radius 1 is 1.33 bits per heavy atom. The molecular weight excluding hydrogens is 232 g/mol. The van der Waals surface area contributed by atoms with Gasteiger partial charge in [0.1, 0.15) is 17.6 Å². The van der Waals surface area contributed by atoms with Gasteiger partial charge in [-0.1, -0.05) is 6.07 Å². The Bertz CT molecular complexity index is 444. The molecule has 0 bridgehead atoms. The molecule has 0 N–H and O–H groups in total. The van der Waals surface area contributed by atoms with Crippen molar-refractivity contribution in [2.45, 2.75) is 33.3 Å². The normalized spacial score (nSPS) is 10.9.